The molecule has 0 spiro atoms. The minimum atomic E-state index is -0.437. The van der Waals surface area contributed by atoms with E-state index in [0.29, 0.717) is 6.61 Å². The molecule has 0 radical (unpaired) electrons. The van der Waals surface area contributed by atoms with E-state index in [0.717, 1.165) is 39.1 Å². The number of hydrogen-bond acceptors (Lipinski definition) is 4. The van der Waals surface area contributed by atoms with Crippen molar-refractivity contribution in [3.63, 3.8) is 0 Å². The van der Waals surface area contributed by atoms with Gasteiger partial charge in [-0.3, -0.25) is 4.79 Å². The van der Waals surface area contributed by atoms with E-state index in [1.807, 2.05) is 6.92 Å². The lowest BCUT2D eigenvalue weighted by molar-refractivity contribution is -0.138. The van der Waals surface area contributed by atoms with Gasteiger partial charge >= 0.3 is 0 Å². The highest BCUT2D eigenvalue weighted by Gasteiger charge is 2.36. The van der Waals surface area contributed by atoms with Crippen molar-refractivity contribution >= 4 is 5.91 Å². The summed E-state index contributed by atoms with van der Waals surface area (Å²) in [7, 11) is 0. The molecule has 2 atom stereocenters. The third kappa shape index (κ3) is 4.17. The molecule has 0 aromatic carbocycles. The Labute approximate surface area is 121 Å². The first-order chi connectivity index (χ1) is 9.64. The number of aliphatic hydroxyl groups excluding tert-OH is 1. The molecule has 2 N–H and O–H groups in total. The van der Waals surface area contributed by atoms with Gasteiger partial charge < -0.3 is 20.1 Å². The van der Waals surface area contributed by atoms with Gasteiger partial charge in [0.2, 0.25) is 5.91 Å². The second-order valence-corrected chi connectivity index (χ2v) is 6.43. The first-order valence-electron chi connectivity index (χ1n) is 7.86. The number of aliphatic hydroxyl groups is 1. The van der Waals surface area contributed by atoms with Crippen molar-refractivity contribution in [1.82, 2.24) is 10.2 Å². The van der Waals surface area contributed by atoms with Crippen LogP contribution in [-0.2, 0) is 9.53 Å². The van der Waals surface area contributed by atoms with E-state index >= 15 is 0 Å². The van der Waals surface area contributed by atoms with Crippen LogP contribution in [0.1, 0.15) is 39.0 Å². The zero-order valence-electron chi connectivity index (χ0n) is 12.6. The molecule has 5 nitrogen and oxygen atoms in total. The molecule has 0 aromatic rings. The normalized spacial score (nSPS) is 29.9. The Morgan fingerprint density at radius 1 is 1.35 bits per heavy atom. The number of nitrogens with one attached hydrogen (secondary N) is 1. The minimum Gasteiger partial charge on any atom is -0.394 e. The lowest BCUT2D eigenvalue weighted by Crippen LogP contribution is -2.53. The number of carbonyl (C=O) groups excluding carboxylic acids is 1. The summed E-state index contributed by atoms with van der Waals surface area (Å²) in [6, 6.07) is -0.167. The van der Waals surface area contributed by atoms with E-state index < -0.39 is 5.41 Å². The Bertz CT molecular complexity index is 310. The smallest absolute Gasteiger partial charge is 0.228 e. The second kappa shape index (κ2) is 7.38. The zero-order chi connectivity index (χ0) is 14.4. The molecular formula is C15H28N2O3. The van der Waals surface area contributed by atoms with Crippen LogP contribution in [-0.4, -0.2) is 61.4 Å². The molecule has 0 unspecified atom stereocenters. The van der Waals surface area contributed by atoms with Crippen LogP contribution >= 0.6 is 0 Å². The fraction of sp³-hybridized carbons (Fsp3) is 0.933. The highest BCUT2D eigenvalue weighted by molar-refractivity contribution is 5.82. The molecular weight excluding hydrogens is 256 g/mol. The quantitative estimate of drug-likeness (QED) is 0.783. The third-order valence-corrected chi connectivity index (χ3v) is 4.47. The van der Waals surface area contributed by atoms with E-state index in [2.05, 4.69) is 10.2 Å². The van der Waals surface area contributed by atoms with Crippen molar-refractivity contribution in [2.45, 2.75) is 45.1 Å². The van der Waals surface area contributed by atoms with Gasteiger partial charge in [0.25, 0.3) is 0 Å². The summed E-state index contributed by atoms with van der Waals surface area (Å²) in [5.74, 6) is 0.0215. The van der Waals surface area contributed by atoms with Gasteiger partial charge in [0.15, 0.2) is 0 Å². The van der Waals surface area contributed by atoms with Crippen molar-refractivity contribution < 1.29 is 14.6 Å². The lowest BCUT2D eigenvalue weighted by atomic mass is 9.83. The van der Waals surface area contributed by atoms with Gasteiger partial charge in [-0.15, -0.1) is 0 Å². The van der Waals surface area contributed by atoms with Gasteiger partial charge in [-0.05, 0) is 45.7 Å². The largest absolute Gasteiger partial charge is 0.394 e. The molecule has 5 heteroatoms. The first-order valence-corrected chi connectivity index (χ1v) is 7.86. The summed E-state index contributed by atoms with van der Waals surface area (Å²) in [6.45, 7) is 6.09. The standard InChI is InChI=1S/C15H28N2O3/c1-15(6-5-9-20-12-15)14(19)16-13(11-18)10-17-7-3-2-4-8-17/h13,18H,2-12H2,1H3,(H,16,19)/t13-,15-/m1/s1. The molecule has 2 fully saturated rings. The van der Waals surface area contributed by atoms with Gasteiger partial charge in [-0.25, -0.2) is 0 Å². The van der Waals surface area contributed by atoms with E-state index in [1.54, 1.807) is 0 Å². The average molecular weight is 284 g/mol. The van der Waals surface area contributed by atoms with E-state index in [4.69, 9.17) is 4.74 Å². The first kappa shape index (κ1) is 15.7. The molecule has 1 amide bonds. The molecule has 2 aliphatic rings. The summed E-state index contributed by atoms with van der Waals surface area (Å²) in [5, 5.41) is 12.5. The number of hydrogen-bond donors (Lipinski definition) is 2. The predicted molar refractivity (Wildman–Crippen MR) is 77.5 cm³/mol. The van der Waals surface area contributed by atoms with Crippen molar-refractivity contribution in [3.05, 3.63) is 0 Å². The van der Waals surface area contributed by atoms with Gasteiger partial charge in [0.1, 0.15) is 0 Å². The number of likely N-dealkylation sites (tertiary alicyclic amines) is 1. The van der Waals surface area contributed by atoms with Gasteiger partial charge in [0.05, 0.1) is 24.7 Å². The fourth-order valence-corrected chi connectivity index (χ4v) is 3.08. The molecule has 0 bridgehead atoms. The lowest BCUT2D eigenvalue weighted by Gasteiger charge is -2.35. The molecule has 0 aromatic heterocycles. The Balaban J connectivity index is 1.83. The number of carbonyl (C=O) groups is 1. The van der Waals surface area contributed by atoms with Crippen molar-refractivity contribution in [2.24, 2.45) is 5.41 Å². The van der Waals surface area contributed by atoms with Crippen molar-refractivity contribution in [3.8, 4) is 0 Å². The zero-order valence-corrected chi connectivity index (χ0v) is 12.6. The van der Waals surface area contributed by atoms with Crippen LogP contribution in [0.3, 0.4) is 0 Å². The van der Waals surface area contributed by atoms with Crippen molar-refractivity contribution in [1.29, 1.82) is 0 Å². The van der Waals surface area contributed by atoms with Gasteiger partial charge in [-0.1, -0.05) is 6.42 Å². The van der Waals surface area contributed by atoms with Crippen LogP contribution in [0.5, 0.6) is 0 Å². The summed E-state index contributed by atoms with van der Waals surface area (Å²) in [4.78, 5) is 14.7. The summed E-state index contributed by atoms with van der Waals surface area (Å²) in [6.07, 6.45) is 5.53. The average Bonchev–Trinajstić information content (AvgIpc) is 2.48. The Morgan fingerprint density at radius 3 is 2.70 bits per heavy atom. The van der Waals surface area contributed by atoms with Crippen LogP contribution in [0, 0.1) is 5.41 Å². The molecule has 2 aliphatic heterocycles. The number of nitrogens with zero attached hydrogens (tertiary/aromatic N) is 1. The summed E-state index contributed by atoms with van der Waals surface area (Å²) >= 11 is 0. The third-order valence-electron chi connectivity index (χ3n) is 4.47. The van der Waals surface area contributed by atoms with Gasteiger partial charge in [0, 0.05) is 13.2 Å². The van der Waals surface area contributed by atoms with E-state index in [-0.39, 0.29) is 18.6 Å². The topological polar surface area (TPSA) is 61.8 Å². The molecule has 2 heterocycles. The molecule has 20 heavy (non-hydrogen) atoms. The molecule has 2 rings (SSSR count). The predicted octanol–water partition coefficient (Wildman–Crippen LogP) is 0.766. The number of rotatable bonds is 5. The maximum absolute atomic E-state index is 12.4. The van der Waals surface area contributed by atoms with Crippen LogP contribution in [0.2, 0.25) is 0 Å². The monoisotopic (exact) mass is 284 g/mol. The Kier molecular flexibility index (Phi) is 5.81. The number of amides is 1. The number of piperidine rings is 1. The van der Waals surface area contributed by atoms with Crippen LogP contribution in [0.15, 0.2) is 0 Å². The second-order valence-electron chi connectivity index (χ2n) is 6.43. The molecule has 0 aliphatic carbocycles. The van der Waals surface area contributed by atoms with Crippen LogP contribution in [0.25, 0.3) is 0 Å². The SMILES string of the molecule is C[C@@]1(C(=O)N[C@@H](CO)CN2CCCCC2)CCCOC1. The maximum Gasteiger partial charge on any atom is 0.228 e. The fourth-order valence-electron chi connectivity index (χ4n) is 3.08. The molecule has 116 valence electrons. The summed E-state index contributed by atoms with van der Waals surface area (Å²) in [5.41, 5.74) is -0.437. The highest BCUT2D eigenvalue weighted by Crippen LogP contribution is 2.28. The molecule has 0 saturated carbocycles. The number of ether oxygens (including phenoxy) is 1. The molecule has 2 saturated heterocycles. The Hall–Kier alpha value is -0.650. The maximum atomic E-state index is 12.4. The minimum absolute atomic E-state index is 0.000816. The van der Waals surface area contributed by atoms with E-state index in [9.17, 15) is 9.90 Å². The summed E-state index contributed by atoms with van der Waals surface area (Å²) < 4.78 is 5.44. The Morgan fingerprint density at radius 2 is 2.10 bits per heavy atom. The highest BCUT2D eigenvalue weighted by atomic mass is 16.5. The van der Waals surface area contributed by atoms with E-state index in [1.165, 1.54) is 19.3 Å². The van der Waals surface area contributed by atoms with Crippen LogP contribution < -0.4 is 5.32 Å². The van der Waals surface area contributed by atoms with Crippen molar-refractivity contribution in [2.75, 3.05) is 39.5 Å². The van der Waals surface area contributed by atoms with Crippen LogP contribution in [0.4, 0.5) is 0 Å². The van der Waals surface area contributed by atoms with Gasteiger partial charge in [-0.2, -0.15) is 0 Å².